The van der Waals surface area contributed by atoms with Crippen LogP contribution in [0, 0.1) is 5.92 Å². The predicted molar refractivity (Wildman–Crippen MR) is 126 cm³/mol. The van der Waals surface area contributed by atoms with Gasteiger partial charge in [-0.15, -0.1) is 13.2 Å². The molecule has 8 heteroatoms. The van der Waals surface area contributed by atoms with Gasteiger partial charge in [0.05, 0.1) is 5.92 Å². The average molecular weight is 455 g/mol. The Labute approximate surface area is 192 Å². The second-order valence-corrected chi connectivity index (χ2v) is 7.32. The molecule has 1 rings (SSSR count). The molecule has 32 heavy (non-hydrogen) atoms. The first-order chi connectivity index (χ1) is 15.3. The van der Waals surface area contributed by atoms with Gasteiger partial charge in [-0.2, -0.15) is 0 Å². The summed E-state index contributed by atoms with van der Waals surface area (Å²) in [6, 6.07) is 0.0448. The summed E-state index contributed by atoms with van der Waals surface area (Å²) < 4.78 is 0. The van der Waals surface area contributed by atoms with Crippen LogP contribution in [0.5, 0.6) is 0 Å². The van der Waals surface area contributed by atoms with Crippen molar-refractivity contribution in [2.75, 3.05) is 6.54 Å². The molecule has 0 aliphatic heterocycles. The van der Waals surface area contributed by atoms with Crippen molar-refractivity contribution in [2.45, 2.75) is 90.5 Å². The molecule has 0 saturated heterocycles. The third-order valence-electron chi connectivity index (χ3n) is 4.69. The molecule has 0 aromatic heterocycles. The number of hydrogen-bond donors (Lipinski definition) is 4. The summed E-state index contributed by atoms with van der Waals surface area (Å²) in [6.07, 6.45) is 10.3. The zero-order valence-electron chi connectivity index (χ0n) is 19.7. The number of unbranched alkanes of at least 4 members (excludes halogenated alkanes) is 2. The van der Waals surface area contributed by atoms with E-state index in [-0.39, 0.29) is 30.2 Å². The molecule has 1 fully saturated rings. The molecule has 8 nitrogen and oxygen atoms in total. The van der Waals surface area contributed by atoms with Gasteiger partial charge in [0.25, 0.3) is 0 Å². The van der Waals surface area contributed by atoms with E-state index in [9.17, 15) is 19.2 Å². The average Bonchev–Trinajstić information content (AvgIpc) is 3.23. The molecule has 0 aromatic rings. The number of carboxylic acid groups (broad SMARTS) is 2. The van der Waals surface area contributed by atoms with E-state index in [4.69, 9.17) is 10.2 Å². The lowest BCUT2D eigenvalue weighted by atomic mass is 10.1. The topological polar surface area (TPSA) is 133 Å². The van der Waals surface area contributed by atoms with E-state index >= 15 is 0 Å². The molecular formula is C24H42N2O6. The van der Waals surface area contributed by atoms with Gasteiger partial charge in [0.1, 0.15) is 0 Å². The van der Waals surface area contributed by atoms with Crippen LogP contribution in [0.25, 0.3) is 0 Å². The van der Waals surface area contributed by atoms with Crippen LogP contribution >= 0.6 is 0 Å². The largest absolute Gasteiger partial charge is 0.481 e. The summed E-state index contributed by atoms with van der Waals surface area (Å²) in [6.45, 7) is 11.7. The zero-order valence-corrected chi connectivity index (χ0v) is 19.7. The molecule has 4 N–H and O–H groups in total. The summed E-state index contributed by atoms with van der Waals surface area (Å²) in [5, 5.41) is 22.8. The summed E-state index contributed by atoms with van der Waals surface area (Å²) >= 11 is 0. The summed E-state index contributed by atoms with van der Waals surface area (Å²) in [5.74, 6) is -1.77. The summed E-state index contributed by atoms with van der Waals surface area (Å²) in [4.78, 5) is 43.3. The van der Waals surface area contributed by atoms with E-state index in [1.165, 1.54) is 0 Å². The SMILES string of the molecule is C=CCCC(=O)NCCCCCC(=O)O.C=CCCC(=O)N[C@H]1CC[C@@H](C(=O)O)C1.CC. The van der Waals surface area contributed by atoms with E-state index < -0.39 is 11.9 Å². The Morgan fingerprint density at radius 3 is 1.97 bits per heavy atom. The van der Waals surface area contributed by atoms with E-state index in [1.807, 2.05) is 13.8 Å². The first kappa shape index (κ1) is 31.5. The Kier molecular flexibility index (Phi) is 21.3. The van der Waals surface area contributed by atoms with Crippen LogP contribution in [0.1, 0.15) is 84.5 Å². The molecule has 2 amide bonds. The maximum Gasteiger partial charge on any atom is 0.306 e. The van der Waals surface area contributed by atoms with Crippen molar-refractivity contribution in [2.24, 2.45) is 5.92 Å². The number of amides is 2. The Morgan fingerprint density at radius 2 is 1.47 bits per heavy atom. The minimum Gasteiger partial charge on any atom is -0.481 e. The molecule has 0 spiro atoms. The predicted octanol–water partition coefficient (Wildman–Crippen LogP) is 4.06. The van der Waals surface area contributed by atoms with E-state index in [0.29, 0.717) is 51.5 Å². The normalized spacial score (nSPS) is 16.3. The Bertz CT molecular complexity index is 577. The van der Waals surface area contributed by atoms with Gasteiger partial charge in [0.15, 0.2) is 0 Å². The lowest BCUT2D eigenvalue weighted by Gasteiger charge is -2.11. The fraction of sp³-hybridized carbons (Fsp3) is 0.667. The lowest BCUT2D eigenvalue weighted by Crippen LogP contribution is -2.33. The maximum atomic E-state index is 11.3. The number of hydrogen-bond acceptors (Lipinski definition) is 4. The standard InChI is InChI=1S/C11H17NO3.C11H19NO3.C2H6/c1-2-3-4-10(13)12-9-6-5-8(7-9)11(14)15;1-2-3-7-10(13)12-9-6-4-5-8-11(14)15;1-2/h2,8-9H,1,3-7H2,(H,12,13)(H,14,15);2H,1,3-9H2,(H,12,13)(H,14,15);1-2H3/t8-,9+;;/m1../s1. The van der Waals surface area contributed by atoms with Crippen LogP contribution in [0.4, 0.5) is 0 Å². The van der Waals surface area contributed by atoms with Gasteiger partial charge >= 0.3 is 11.9 Å². The van der Waals surface area contributed by atoms with Gasteiger partial charge in [-0.3, -0.25) is 19.2 Å². The fourth-order valence-corrected chi connectivity index (χ4v) is 3.00. The van der Waals surface area contributed by atoms with E-state index in [0.717, 1.165) is 19.3 Å². The van der Waals surface area contributed by atoms with Crippen LogP contribution in [0.15, 0.2) is 25.3 Å². The van der Waals surface area contributed by atoms with Crippen LogP contribution in [-0.4, -0.2) is 46.6 Å². The van der Waals surface area contributed by atoms with Crippen LogP contribution in [0.3, 0.4) is 0 Å². The quantitative estimate of drug-likeness (QED) is 0.231. The smallest absolute Gasteiger partial charge is 0.306 e. The van der Waals surface area contributed by atoms with Crippen molar-refractivity contribution < 1.29 is 29.4 Å². The monoisotopic (exact) mass is 454 g/mol. The summed E-state index contributed by atoms with van der Waals surface area (Å²) in [7, 11) is 0. The van der Waals surface area contributed by atoms with Gasteiger partial charge in [-0.1, -0.05) is 32.4 Å². The van der Waals surface area contributed by atoms with Gasteiger partial charge < -0.3 is 20.8 Å². The number of carbonyl (C=O) groups is 4. The fourth-order valence-electron chi connectivity index (χ4n) is 3.00. The molecule has 0 unspecified atom stereocenters. The molecule has 1 saturated carbocycles. The second kappa shape index (κ2) is 21.6. The molecule has 0 aromatic carbocycles. The number of allylic oxidation sites excluding steroid dienone is 2. The third kappa shape index (κ3) is 19.3. The van der Waals surface area contributed by atoms with Crippen molar-refractivity contribution in [3.63, 3.8) is 0 Å². The van der Waals surface area contributed by atoms with Gasteiger partial charge in [0.2, 0.25) is 11.8 Å². The van der Waals surface area contributed by atoms with Gasteiger partial charge in [0, 0.05) is 31.8 Å². The minimum absolute atomic E-state index is 0.00839. The van der Waals surface area contributed by atoms with Crippen molar-refractivity contribution in [3.8, 4) is 0 Å². The highest BCUT2D eigenvalue weighted by atomic mass is 16.4. The number of carbonyl (C=O) groups excluding carboxylic acids is 2. The lowest BCUT2D eigenvalue weighted by molar-refractivity contribution is -0.141. The molecule has 0 radical (unpaired) electrons. The molecule has 0 bridgehead atoms. The Morgan fingerprint density at radius 1 is 0.875 bits per heavy atom. The minimum atomic E-state index is -0.759. The maximum absolute atomic E-state index is 11.3. The zero-order chi connectivity index (χ0) is 24.8. The summed E-state index contributed by atoms with van der Waals surface area (Å²) in [5.41, 5.74) is 0. The molecule has 1 aliphatic rings. The number of nitrogens with one attached hydrogen (secondary N) is 2. The molecule has 2 atom stereocenters. The number of aliphatic carboxylic acids is 2. The van der Waals surface area contributed by atoms with Gasteiger partial charge in [-0.05, 0) is 44.9 Å². The van der Waals surface area contributed by atoms with Gasteiger partial charge in [-0.25, -0.2) is 0 Å². The number of rotatable bonds is 14. The first-order valence-electron chi connectivity index (χ1n) is 11.5. The van der Waals surface area contributed by atoms with Crippen molar-refractivity contribution in [1.82, 2.24) is 10.6 Å². The second-order valence-electron chi connectivity index (χ2n) is 7.32. The van der Waals surface area contributed by atoms with Crippen molar-refractivity contribution in [3.05, 3.63) is 25.3 Å². The Hall–Kier alpha value is -2.64. The van der Waals surface area contributed by atoms with Crippen LogP contribution in [0.2, 0.25) is 0 Å². The molecular weight excluding hydrogens is 412 g/mol. The van der Waals surface area contributed by atoms with E-state index in [2.05, 4.69) is 23.8 Å². The highest BCUT2D eigenvalue weighted by molar-refractivity contribution is 5.77. The van der Waals surface area contributed by atoms with Crippen molar-refractivity contribution >= 4 is 23.8 Å². The highest BCUT2D eigenvalue weighted by Crippen LogP contribution is 2.25. The van der Waals surface area contributed by atoms with Crippen LogP contribution in [-0.2, 0) is 19.2 Å². The highest BCUT2D eigenvalue weighted by Gasteiger charge is 2.30. The van der Waals surface area contributed by atoms with Crippen LogP contribution < -0.4 is 10.6 Å². The number of carboxylic acids is 2. The molecule has 1 aliphatic carbocycles. The molecule has 184 valence electrons. The molecule has 0 heterocycles. The van der Waals surface area contributed by atoms with Crippen molar-refractivity contribution in [1.29, 1.82) is 0 Å². The third-order valence-corrected chi connectivity index (χ3v) is 4.69. The first-order valence-corrected chi connectivity index (χ1v) is 11.5. The van der Waals surface area contributed by atoms with E-state index in [1.54, 1.807) is 12.2 Å². The Balaban J connectivity index is 0.